The molecule has 1 saturated heterocycles. The topological polar surface area (TPSA) is 95.9 Å². The molecule has 170 valence electrons. The van der Waals surface area contributed by atoms with Crippen LogP contribution >= 0.6 is 0 Å². The highest BCUT2D eigenvalue weighted by atomic mass is 16.5. The number of likely N-dealkylation sites (tertiary alicyclic amines) is 1. The SMILES string of the molecule is CC1CC(C(=O)O)CN(C(=O)C#CCNC(=O)OCC2c3ccccc3-c3ccccc32)C1. The molecule has 2 aliphatic rings. The van der Waals surface area contributed by atoms with Crippen molar-refractivity contribution in [2.24, 2.45) is 11.8 Å². The first-order valence-electron chi connectivity index (χ1n) is 11.0. The van der Waals surface area contributed by atoms with Crippen LogP contribution in [0, 0.1) is 23.7 Å². The summed E-state index contributed by atoms with van der Waals surface area (Å²) in [7, 11) is 0. The highest BCUT2D eigenvalue weighted by Crippen LogP contribution is 2.44. The molecule has 2 atom stereocenters. The van der Waals surface area contributed by atoms with Crippen molar-refractivity contribution >= 4 is 18.0 Å². The Morgan fingerprint density at radius 3 is 2.33 bits per heavy atom. The number of aliphatic carboxylic acids is 1. The summed E-state index contributed by atoms with van der Waals surface area (Å²) in [6, 6.07) is 16.2. The van der Waals surface area contributed by atoms with Gasteiger partial charge in [-0.15, -0.1) is 0 Å². The average Bonchev–Trinajstić information content (AvgIpc) is 3.13. The molecule has 0 bridgehead atoms. The molecule has 1 heterocycles. The Morgan fingerprint density at radius 2 is 1.70 bits per heavy atom. The fourth-order valence-corrected chi connectivity index (χ4v) is 4.66. The lowest BCUT2D eigenvalue weighted by Gasteiger charge is -2.33. The monoisotopic (exact) mass is 446 g/mol. The minimum atomic E-state index is -0.899. The number of carboxylic acid groups (broad SMARTS) is 1. The maximum atomic E-state index is 12.3. The number of fused-ring (bicyclic) bond motifs is 3. The van der Waals surface area contributed by atoms with Gasteiger partial charge in [0.1, 0.15) is 6.61 Å². The van der Waals surface area contributed by atoms with Crippen molar-refractivity contribution in [1.29, 1.82) is 0 Å². The van der Waals surface area contributed by atoms with Crippen LogP contribution in [0.4, 0.5) is 4.79 Å². The summed E-state index contributed by atoms with van der Waals surface area (Å²) in [5.74, 6) is 3.29. The van der Waals surface area contributed by atoms with Crippen LogP contribution in [-0.2, 0) is 14.3 Å². The molecular weight excluding hydrogens is 420 g/mol. The van der Waals surface area contributed by atoms with Crippen LogP contribution in [0.1, 0.15) is 30.4 Å². The Labute approximate surface area is 192 Å². The first kappa shape index (κ1) is 22.4. The van der Waals surface area contributed by atoms with E-state index in [1.807, 2.05) is 31.2 Å². The highest BCUT2D eigenvalue weighted by Gasteiger charge is 2.31. The zero-order valence-electron chi connectivity index (χ0n) is 18.4. The third kappa shape index (κ3) is 5.01. The number of carbonyl (C=O) groups excluding carboxylic acids is 2. The number of nitrogens with one attached hydrogen (secondary N) is 1. The molecule has 0 aromatic heterocycles. The largest absolute Gasteiger partial charge is 0.481 e. The van der Waals surface area contributed by atoms with Crippen LogP contribution in [0.15, 0.2) is 48.5 Å². The van der Waals surface area contributed by atoms with Crippen molar-refractivity contribution in [3.63, 3.8) is 0 Å². The Balaban J connectivity index is 1.28. The van der Waals surface area contributed by atoms with E-state index in [1.54, 1.807) is 0 Å². The van der Waals surface area contributed by atoms with E-state index < -0.39 is 23.9 Å². The Kier molecular flexibility index (Phi) is 6.64. The van der Waals surface area contributed by atoms with Gasteiger partial charge < -0.3 is 20.1 Å². The molecule has 0 saturated carbocycles. The van der Waals surface area contributed by atoms with Gasteiger partial charge >= 0.3 is 12.1 Å². The molecule has 2 amide bonds. The van der Waals surface area contributed by atoms with Gasteiger partial charge in [0.15, 0.2) is 0 Å². The smallest absolute Gasteiger partial charge is 0.407 e. The summed E-state index contributed by atoms with van der Waals surface area (Å²) in [4.78, 5) is 37.2. The number of hydrogen-bond donors (Lipinski definition) is 2. The third-order valence-electron chi connectivity index (χ3n) is 6.16. The normalized spacial score (nSPS) is 19.0. The number of ether oxygens (including phenoxy) is 1. The van der Waals surface area contributed by atoms with Crippen LogP contribution in [0.3, 0.4) is 0 Å². The molecule has 0 radical (unpaired) electrons. The van der Waals surface area contributed by atoms with Crippen molar-refractivity contribution in [1.82, 2.24) is 10.2 Å². The van der Waals surface area contributed by atoms with E-state index in [0.717, 1.165) is 22.3 Å². The van der Waals surface area contributed by atoms with Gasteiger partial charge in [0, 0.05) is 19.0 Å². The lowest BCUT2D eigenvalue weighted by molar-refractivity contribution is -0.145. The lowest BCUT2D eigenvalue weighted by Crippen LogP contribution is -2.45. The predicted octanol–water partition coefficient (Wildman–Crippen LogP) is 3.10. The van der Waals surface area contributed by atoms with E-state index in [4.69, 9.17) is 4.74 Å². The summed E-state index contributed by atoms with van der Waals surface area (Å²) in [6.07, 6.45) is -0.0493. The average molecular weight is 447 g/mol. The zero-order valence-corrected chi connectivity index (χ0v) is 18.4. The molecule has 1 aliphatic heterocycles. The zero-order chi connectivity index (χ0) is 23.4. The van der Waals surface area contributed by atoms with Crippen molar-refractivity contribution in [3.8, 4) is 23.0 Å². The molecule has 0 spiro atoms. The fraction of sp³-hybridized carbons (Fsp3) is 0.346. The van der Waals surface area contributed by atoms with Gasteiger partial charge in [-0.25, -0.2) is 4.79 Å². The second kappa shape index (κ2) is 9.78. The number of rotatable bonds is 4. The number of piperidine rings is 1. The second-order valence-electron chi connectivity index (χ2n) is 8.57. The summed E-state index contributed by atoms with van der Waals surface area (Å²) in [5.41, 5.74) is 4.58. The van der Waals surface area contributed by atoms with Gasteiger partial charge in [-0.2, -0.15) is 0 Å². The van der Waals surface area contributed by atoms with Gasteiger partial charge in [-0.3, -0.25) is 9.59 Å². The molecule has 7 nitrogen and oxygen atoms in total. The minimum Gasteiger partial charge on any atom is -0.481 e. The second-order valence-corrected chi connectivity index (χ2v) is 8.57. The number of carboxylic acids is 1. The van der Waals surface area contributed by atoms with Gasteiger partial charge in [0.05, 0.1) is 12.5 Å². The van der Waals surface area contributed by atoms with Crippen molar-refractivity contribution in [2.45, 2.75) is 19.3 Å². The van der Waals surface area contributed by atoms with Crippen LogP contribution in [0.5, 0.6) is 0 Å². The number of amides is 2. The van der Waals surface area contributed by atoms with Crippen molar-refractivity contribution in [3.05, 3.63) is 59.7 Å². The maximum Gasteiger partial charge on any atom is 0.407 e. The molecule has 2 unspecified atom stereocenters. The van der Waals surface area contributed by atoms with E-state index in [0.29, 0.717) is 13.0 Å². The summed E-state index contributed by atoms with van der Waals surface area (Å²) < 4.78 is 5.44. The number of nitrogens with zero attached hydrogens (tertiary/aromatic N) is 1. The van der Waals surface area contributed by atoms with Gasteiger partial charge in [-0.1, -0.05) is 61.4 Å². The van der Waals surface area contributed by atoms with Gasteiger partial charge in [0.2, 0.25) is 0 Å². The standard InChI is InChI=1S/C26H26N2O5/c1-17-13-18(25(30)31)15-28(14-17)24(29)11-6-12-27-26(32)33-16-23-21-9-4-2-7-19(21)20-8-3-5-10-22(20)23/h2-5,7-10,17-18,23H,12-16H2,1H3,(H,27,32)(H,30,31). The van der Waals surface area contributed by atoms with E-state index in [2.05, 4.69) is 41.4 Å². The summed E-state index contributed by atoms with van der Waals surface area (Å²) in [6.45, 7) is 2.73. The summed E-state index contributed by atoms with van der Waals surface area (Å²) >= 11 is 0. The van der Waals surface area contributed by atoms with Gasteiger partial charge in [-0.05, 0) is 40.5 Å². The quantitative estimate of drug-likeness (QED) is 0.704. The molecule has 1 fully saturated rings. The molecule has 33 heavy (non-hydrogen) atoms. The van der Waals surface area contributed by atoms with E-state index >= 15 is 0 Å². The molecule has 1 aliphatic carbocycles. The summed E-state index contributed by atoms with van der Waals surface area (Å²) in [5, 5.41) is 11.8. The molecule has 2 aromatic carbocycles. The van der Waals surface area contributed by atoms with Crippen LogP contribution in [-0.4, -0.2) is 54.2 Å². The fourth-order valence-electron chi connectivity index (χ4n) is 4.66. The van der Waals surface area contributed by atoms with Crippen LogP contribution < -0.4 is 5.32 Å². The highest BCUT2D eigenvalue weighted by molar-refractivity contribution is 5.94. The van der Waals surface area contributed by atoms with E-state index in [1.165, 1.54) is 4.90 Å². The van der Waals surface area contributed by atoms with Crippen LogP contribution in [0.25, 0.3) is 11.1 Å². The lowest BCUT2D eigenvalue weighted by atomic mass is 9.90. The number of alkyl carbamates (subject to hydrolysis) is 1. The molecule has 2 N–H and O–H groups in total. The third-order valence-corrected chi connectivity index (χ3v) is 6.16. The predicted molar refractivity (Wildman–Crippen MR) is 122 cm³/mol. The van der Waals surface area contributed by atoms with Crippen molar-refractivity contribution < 1.29 is 24.2 Å². The Morgan fingerprint density at radius 1 is 1.06 bits per heavy atom. The number of hydrogen-bond acceptors (Lipinski definition) is 4. The first-order chi connectivity index (χ1) is 15.9. The Hall–Kier alpha value is -3.79. The molecule has 7 heteroatoms. The van der Waals surface area contributed by atoms with Gasteiger partial charge in [0.25, 0.3) is 5.91 Å². The number of carbonyl (C=O) groups is 3. The van der Waals surface area contributed by atoms with Crippen LogP contribution in [0.2, 0.25) is 0 Å². The molecule has 2 aromatic rings. The minimum absolute atomic E-state index is 0.0286. The van der Waals surface area contributed by atoms with E-state index in [-0.39, 0.29) is 31.5 Å². The molecular formula is C26H26N2O5. The maximum absolute atomic E-state index is 12.3. The Bertz CT molecular complexity index is 1090. The van der Waals surface area contributed by atoms with Crippen molar-refractivity contribution in [2.75, 3.05) is 26.2 Å². The number of benzene rings is 2. The first-order valence-corrected chi connectivity index (χ1v) is 11.0. The molecule has 4 rings (SSSR count). The van der Waals surface area contributed by atoms with E-state index in [9.17, 15) is 19.5 Å².